The molecule has 0 fully saturated rings. The Balaban J connectivity index is 2.41. The summed E-state index contributed by atoms with van der Waals surface area (Å²) in [5.41, 5.74) is 3.61. The summed E-state index contributed by atoms with van der Waals surface area (Å²) in [7, 11) is -1.86. The van der Waals surface area contributed by atoms with Crippen molar-refractivity contribution in [2.45, 2.75) is 6.92 Å². The molecule has 0 radical (unpaired) electrons. The molecule has 1 heterocycles. The van der Waals surface area contributed by atoms with Crippen LogP contribution in [-0.2, 0) is 10.0 Å². The molecule has 0 aliphatic carbocycles. The molecule has 0 bridgehead atoms. The zero-order valence-corrected chi connectivity index (χ0v) is 14.1. The summed E-state index contributed by atoms with van der Waals surface area (Å²) in [6, 6.07) is 17.5. The third-order valence-electron chi connectivity index (χ3n) is 3.99. The van der Waals surface area contributed by atoms with Gasteiger partial charge in [-0.05, 0) is 24.1 Å². The Labute approximate surface area is 136 Å². The maximum absolute atomic E-state index is 12.0. The topological polar surface area (TPSA) is 50.3 Å². The molecule has 0 N–H and O–H groups in total. The summed E-state index contributed by atoms with van der Waals surface area (Å²) >= 11 is 0. The molecule has 4 nitrogen and oxygen atoms in total. The van der Waals surface area contributed by atoms with Gasteiger partial charge < -0.3 is 0 Å². The number of hydrogen-bond donors (Lipinski definition) is 0. The molecule has 23 heavy (non-hydrogen) atoms. The summed E-state index contributed by atoms with van der Waals surface area (Å²) in [5, 5.41) is 1.03. The van der Waals surface area contributed by atoms with E-state index in [9.17, 15) is 8.42 Å². The highest BCUT2D eigenvalue weighted by Crippen LogP contribution is 2.36. The number of hydrogen-bond acceptors (Lipinski definition) is 3. The Morgan fingerprint density at radius 2 is 1.57 bits per heavy atom. The van der Waals surface area contributed by atoms with Gasteiger partial charge in [-0.3, -0.25) is 4.31 Å². The normalized spacial score (nSPS) is 11.6. The highest BCUT2D eigenvalue weighted by atomic mass is 32.2. The van der Waals surface area contributed by atoms with Crippen molar-refractivity contribution in [1.29, 1.82) is 0 Å². The lowest BCUT2D eigenvalue weighted by Crippen LogP contribution is -2.26. The lowest BCUT2D eigenvalue weighted by Gasteiger charge is -2.22. The van der Waals surface area contributed by atoms with E-state index in [2.05, 4.69) is 4.98 Å². The molecular weight excluding hydrogens is 308 g/mol. The van der Waals surface area contributed by atoms with Gasteiger partial charge in [0.2, 0.25) is 10.0 Å². The van der Waals surface area contributed by atoms with Gasteiger partial charge in [0.15, 0.2) is 5.82 Å². The van der Waals surface area contributed by atoms with Gasteiger partial charge in [0.25, 0.3) is 0 Å². The lowest BCUT2D eigenvalue weighted by molar-refractivity contribution is 0.600. The van der Waals surface area contributed by atoms with E-state index in [1.165, 1.54) is 10.6 Å². The second kappa shape index (κ2) is 5.66. The van der Waals surface area contributed by atoms with Crippen LogP contribution in [0.5, 0.6) is 0 Å². The number of sulfonamides is 1. The van der Waals surface area contributed by atoms with Crippen LogP contribution in [0.15, 0.2) is 54.6 Å². The fourth-order valence-electron chi connectivity index (χ4n) is 2.70. The number of pyridine rings is 1. The first-order valence-electron chi connectivity index (χ1n) is 7.28. The van der Waals surface area contributed by atoms with E-state index in [1.807, 2.05) is 61.5 Å². The largest absolute Gasteiger partial charge is 0.257 e. The van der Waals surface area contributed by atoms with E-state index < -0.39 is 10.0 Å². The number of anilines is 1. The van der Waals surface area contributed by atoms with E-state index in [0.29, 0.717) is 5.82 Å². The first-order chi connectivity index (χ1) is 10.9. The molecule has 118 valence electrons. The van der Waals surface area contributed by atoms with Gasteiger partial charge in [-0.2, -0.15) is 0 Å². The Bertz CT molecular complexity index is 967. The SMILES string of the molecule is Cc1c(-c2ccccc2)c(N(C)S(C)(=O)=O)nc2ccccc12. The Hall–Kier alpha value is -2.40. The van der Waals surface area contributed by atoms with E-state index in [1.54, 1.807) is 7.05 Å². The van der Waals surface area contributed by atoms with Gasteiger partial charge in [0.1, 0.15) is 0 Å². The van der Waals surface area contributed by atoms with Crippen molar-refractivity contribution >= 4 is 26.7 Å². The monoisotopic (exact) mass is 326 g/mol. The van der Waals surface area contributed by atoms with Crippen molar-refractivity contribution in [2.24, 2.45) is 0 Å². The summed E-state index contributed by atoms with van der Waals surface area (Å²) < 4.78 is 25.3. The number of fused-ring (bicyclic) bond motifs is 1. The van der Waals surface area contributed by atoms with Gasteiger partial charge in [-0.15, -0.1) is 0 Å². The predicted octanol–water partition coefficient (Wildman–Crippen LogP) is 3.61. The smallest absolute Gasteiger partial charge is 0.233 e. The zero-order chi connectivity index (χ0) is 16.6. The molecule has 0 amide bonds. The van der Waals surface area contributed by atoms with E-state index in [0.717, 1.165) is 27.6 Å². The summed E-state index contributed by atoms with van der Waals surface area (Å²) in [5.74, 6) is 0.454. The highest BCUT2D eigenvalue weighted by Gasteiger charge is 2.21. The summed E-state index contributed by atoms with van der Waals surface area (Å²) in [6.07, 6.45) is 1.19. The van der Waals surface area contributed by atoms with Crippen LogP contribution < -0.4 is 4.31 Å². The molecule has 0 aliphatic rings. The van der Waals surface area contributed by atoms with Crippen LogP contribution in [0.1, 0.15) is 5.56 Å². The second-order valence-corrected chi connectivity index (χ2v) is 7.56. The summed E-state index contributed by atoms with van der Waals surface area (Å²) in [6.45, 7) is 2.01. The quantitative estimate of drug-likeness (QED) is 0.739. The fourth-order valence-corrected chi connectivity index (χ4v) is 3.14. The average Bonchev–Trinajstić information content (AvgIpc) is 2.54. The van der Waals surface area contributed by atoms with Crippen molar-refractivity contribution in [3.63, 3.8) is 0 Å². The maximum Gasteiger partial charge on any atom is 0.233 e. The molecule has 0 aliphatic heterocycles. The number of rotatable bonds is 3. The zero-order valence-electron chi connectivity index (χ0n) is 13.3. The van der Waals surface area contributed by atoms with Gasteiger partial charge in [-0.1, -0.05) is 48.5 Å². The molecule has 1 aromatic heterocycles. The van der Waals surface area contributed by atoms with Crippen LogP contribution in [0.4, 0.5) is 5.82 Å². The summed E-state index contributed by atoms with van der Waals surface area (Å²) in [4.78, 5) is 4.63. The minimum atomic E-state index is -3.40. The molecular formula is C18H18N2O2S. The maximum atomic E-state index is 12.0. The van der Waals surface area contributed by atoms with Gasteiger partial charge >= 0.3 is 0 Å². The molecule has 3 aromatic rings. The van der Waals surface area contributed by atoms with Gasteiger partial charge in [0.05, 0.1) is 11.8 Å². The first-order valence-corrected chi connectivity index (χ1v) is 9.13. The van der Waals surface area contributed by atoms with Crippen LogP contribution in [0.3, 0.4) is 0 Å². The van der Waals surface area contributed by atoms with E-state index >= 15 is 0 Å². The van der Waals surface area contributed by atoms with Crippen molar-refractivity contribution < 1.29 is 8.42 Å². The number of aryl methyl sites for hydroxylation is 1. The standard InChI is InChI=1S/C18H18N2O2S/c1-13-15-11-7-8-12-16(15)19-18(20(2)23(3,21)22)17(13)14-9-5-4-6-10-14/h4-12H,1-3H3. The number of para-hydroxylation sites is 1. The van der Waals surface area contributed by atoms with Crippen LogP contribution in [0.25, 0.3) is 22.0 Å². The van der Waals surface area contributed by atoms with E-state index in [-0.39, 0.29) is 0 Å². The number of aromatic nitrogens is 1. The average molecular weight is 326 g/mol. The van der Waals surface area contributed by atoms with Crippen LogP contribution in [0.2, 0.25) is 0 Å². The third kappa shape index (κ3) is 2.80. The molecule has 5 heteroatoms. The number of benzene rings is 2. The molecule has 0 saturated heterocycles. The van der Waals surface area contributed by atoms with Crippen LogP contribution >= 0.6 is 0 Å². The Morgan fingerprint density at radius 1 is 0.957 bits per heavy atom. The molecule has 0 saturated carbocycles. The van der Waals surface area contributed by atoms with Crippen LogP contribution in [-0.4, -0.2) is 26.7 Å². The molecule has 0 atom stereocenters. The molecule has 0 unspecified atom stereocenters. The molecule has 2 aromatic carbocycles. The number of nitrogens with zero attached hydrogens (tertiary/aromatic N) is 2. The fraction of sp³-hybridized carbons (Fsp3) is 0.167. The lowest BCUT2D eigenvalue weighted by atomic mass is 9.97. The molecule has 3 rings (SSSR count). The van der Waals surface area contributed by atoms with E-state index in [4.69, 9.17) is 0 Å². The third-order valence-corrected chi connectivity index (χ3v) is 5.16. The highest BCUT2D eigenvalue weighted by molar-refractivity contribution is 7.92. The molecule has 0 spiro atoms. The Kier molecular flexibility index (Phi) is 3.82. The van der Waals surface area contributed by atoms with Crippen molar-refractivity contribution in [2.75, 3.05) is 17.6 Å². The minimum Gasteiger partial charge on any atom is -0.257 e. The van der Waals surface area contributed by atoms with Crippen molar-refractivity contribution in [1.82, 2.24) is 4.98 Å². The first kappa shape index (κ1) is 15.5. The predicted molar refractivity (Wildman–Crippen MR) is 95.2 cm³/mol. The second-order valence-electron chi connectivity index (χ2n) is 5.55. The van der Waals surface area contributed by atoms with Gasteiger partial charge in [0, 0.05) is 18.0 Å². The van der Waals surface area contributed by atoms with Gasteiger partial charge in [-0.25, -0.2) is 13.4 Å². The van der Waals surface area contributed by atoms with Crippen molar-refractivity contribution in [3.05, 3.63) is 60.2 Å². The Morgan fingerprint density at radius 3 is 2.22 bits per heavy atom. The van der Waals surface area contributed by atoms with Crippen molar-refractivity contribution in [3.8, 4) is 11.1 Å². The van der Waals surface area contributed by atoms with Crippen LogP contribution in [0, 0.1) is 6.92 Å². The minimum absolute atomic E-state index is 0.454.